The van der Waals surface area contributed by atoms with Crippen LogP contribution in [0.5, 0.6) is 0 Å². The summed E-state index contributed by atoms with van der Waals surface area (Å²) in [6.07, 6.45) is 1.90. The Labute approximate surface area is 202 Å². The number of nitrogens with zero attached hydrogens (tertiary/aromatic N) is 4. The lowest BCUT2D eigenvalue weighted by molar-refractivity contribution is -0.624. The predicted molar refractivity (Wildman–Crippen MR) is 119 cm³/mol. The zero-order chi connectivity index (χ0) is 25.8. The number of aryl methyl sites for hydroxylation is 1. The van der Waals surface area contributed by atoms with Crippen molar-refractivity contribution in [2.75, 3.05) is 11.9 Å². The SMILES string of the molecule is Cc1ccc(C#N)c(CNC(=O)Cn2c(Cl)cnc(NCC(F)(F)c3cccc[n+]3[O-])c2=O)c1F. The molecule has 13 heteroatoms. The van der Waals surface area contributed by atoms with Crippen molar-refractivity contribution < 1.29 is 22.7 Å². The summed E-state index contributed by atoms with van der Waals surface area (Å²) in [6.45, 7) is -0.570. The molecule has 1 aromatic carbocycles. The maximum atomic E-state index is 14.4. The molecule has 3 aromatic rings. The van der Waals surface area contributed by atoms with Gasteiger partial charge in [-0.2, -0.15) is 18.8 Å². The standard InChI is InChI=1S/C22H18ClF3N6O3/c1-13-5-6-14(8-27)15(19(13)24)9-28-18(33)11-31-17(23)10-29-20(21(31)34)30-12-22(25,26)16-4-2-3-7-32(16)35/h2-7,10H,9,11-12H2,1H3,(H,28,33)(H,29,30). The van der Waals surface area contributed by atoms with Crippen LogP contribution in [0.25, 0.3) is 0 Å². The first-order chi connectivity index (χ1) is 16.5. The monoisotopic (exact) mass is 506 g/mol. The van der Waals surface area contributed by atoms with Gasteiger partial charge in [0.1, 0.15) is 17.5 Å². The molecule has 0 saturated heterocycles. The second-order valence-corrected chi connectivity index (χ2v) is 7.79. The van der Waals surface area contributed by atoms with Gasteiger partial charge in [0.25, 0.3) is 11.3 Å². The average molecular weight is 507 g/mol. The van der Waals surface area contributed by atoms with E-state index < -0.39 is 47.8 Å². The molecule has 2 N–H and O–H groups in total. The quantitative estimate of drug-likeness (QED) is 0.357. The molecule has 0 atom stereocenters. The van der Waals surface area contributed by atoms with Crippen molar-refractivity contribution in [1.29, 1.82) is 5.26 Å². The lowest BCUT2D eigenvalue weighted by Crippen LogP contribution is -2.41. The molecule has 35 heavy (non-hydrogen) atoms. The number of carbonyl (C=O) groups is 1. The van der Waals surface area contributed by atoms with Crippen molar-refractivity contribution in [3.05, 3.63) is 91.6 Å². The van der Waals surface area contributed by atoms with Crippen molar-refractivity contribution in [2.24, 2.45) is 0 Å². The second-order valence-electron chi connectivity index (χ2n) is 7.40. The molecule has 0 aliphatic rings. The van der Waals surface area contributed by atoms with Crippen molar-refractivity contribution in [3.8, 4) is 6.07 Å². The summed E-state index contributed by atoms with van der Waals surface area (Å²) in [4.78, 5) is 28.8. The van der Waals surface area contributed by atoms with Crippen molar-refractivity contribution in [2.45, 2.75) is 25.9 Å². The number of pyridine rings is 1. The van der Waals surface area contributed by atoms with E-state index in [4.69, 9.17) is 16.9 Å². The molecular weight excluding hydrogens is 489 g/mol. The van der Waals surface area contributed by atoms with Crippen LogP contribution in [0.2, 0.25) is 5.15 Å². The maximum Gasteiger partial charge on any atom is 0.347 e. The summed E-state index contributed by atoms with van der Waals surface area (Å²) in [7, 11) is 0. The Bertz CT molecular complexity index is 1370. The van der Waals surface area contributed by atoms with Gasteiger partial charge in [0, 0.05) is 24.2 Å². The van der Waals surface area contributed by atoms with Gasteiger partial charge in [0.05, 0.1) is 24.4 Å². The summed E-state index contributed by atoms with van der Waals surface area (Å²) in [5, 5.41) is 25.1. The molecule has 0 unspecified atom stereocenters. The summed E-state index contributed by atoms with van der Waals surface area (Å²) >= 11 is 5.96. The first-order valence-electron chi connectivity index (χ1n) is 10.1. The van der Waals surface area contributed by atoms with Gasteiger partial charge in [-0.15, -0.1) is 0 Å². The lowest BCUT2D eigenvalue weighted by Gasteiger charge is -2.17. The molecule has 1 amide bonds. The Kier molecular flexibility index (Phi) is 7.61. The number of rotatable bonds is 8. The molecule has 0 aliphatic heterocycles. The number of nitrogens with one attached hydrogen (secondary N) is 2. The van der Waals surface area contributed by atoms with E-state index in [1.807, 2.05) is 6.07 Å². The largest absolute Gasteiger partial charge is 0.618 e. The fraction of sp³-hybridized carbons (Fsp3) is 0.227. The highest BCUT2D eigenvalue weighted by atomic mass is 35.5. The van der Waals surface area contributed by atoms with Crippen LogP contribution >= 0.6 is 11.6 Å². The molecule has 2 aromatic heterocycles. The summed E-state index contributed by atoms with van der Waals surface area (Å²) in [5.41, 5.74) is -1.49. The zero-order valence-corrected chi connectivity index (χ0v) is 18.9. The van der Waals surface area contributed by atoms with Crippen molar-refractivity contribution in [3.63, 3.8) is 0 Å². The highest BCUT2D eigenvalue weighted by molar-refractivity contribution is 6.29. The van der Waals surface area contributed by atoms with E-state index in [1.165, 1.54) is 31.2 Å². The summed E-state index contributed by atoms with van der Waals surface area (Å²) < 4.78 is 44.0. The van der Waals surface area contributed by atoms with E-state index in [2.05, 4.69) is 15.6 Å². The number of amides is 1. The van der Waals surface area contributed by atoms with Gasteiger partial charge in [-0.05, 0) is 24.6 Å². The Morgan fingerprint density at radius 1 is 1.34 bits per heavy atom. The fourth-order valence-corrected chi connectivity index (χ4v) is 3.32. The molecule has 0 saturated carbocycles. The van der Waals surface area contributed by atoms with Crippen LogP contribution in [0, 0.1) is 29.3 Å². The smallest absolute Gasteiger partial charge is 0.347 e. The molecule has 9 nitrogen and oxygen atoms in total. The lowest BCUT2D eigenvalue weighted by atomic mass is 10.0. The number of halogens is 4. The number of benzene rings is 1. The average Bonchev–Trinajstić information content (AvgIpc) is 2.82. The number of hydrogen-bond acceptors (Lipinski definition) is 6. The number of nitriles is 1. The molecule has 3 rings (SSSR count). The first-order valence-corrected chi connectivity index (χ1v) is 10.4. The number of carbonyl (C=O) groups excluding carboxylic acids is 1. The highest BCUT2D eigenvalue weighted by Gasteiger charge is 2.39. The summed E-state index contributed by atoms with van der Waals surface area (Å²) in [6, 6.07) is 8.19. The molecule has 182 valence electrons. The second kappa shape index (κ2) is 10.4. The third kappa shape index (κ3) is 5.70. The Balaban J connectivity index is 1.73. The molecule has 0 bridgehead atoms. The van der Waals surface area contributed by atoms with E-state index in [1.54, 1.807) is 0 Å². The van der Waals surface area contributed by atoms with Gasteiger partial charge in [0.15, 0.2) is 12.0 Å². The number of aromatic nitrogens is 3. The molecule has 0 spiro atoms. The first kappa shape index (κ1) is 25.5. The van der Waals surface area contributed by atoms with Gasteiger partial charge < -0.3 is 15.8 Å². The van der Waals surface area contributed by atoms with Gasteiger partial charge in [-0.3, -0.25) is 14.2 Å². The van der Waals surface area contributed by atoms with Crippen molar-refractivity contribution >= 4 is 23.3 Å². The van der Waals surface area contributed by atoms with Crippen LogP contribution in [0.15, 0.2) is 47.5 Å². The fourth-order valence-electron chi connectivity index (χ4n) is 3.14. The van der Waals surface area contributed by atoms with Crippen LogP contribution in [-0.4, -0.2) is 22.0 Å². The van der Waals surface area contributed by atoms with Gasteiger partial charge >= 0.3 is 5.92 Å². The Hall–Kier alpha value is -4.11. The Morgan fingerprint density at radius 3 is 2.77 bits per heavy atom. The van der Waals surface area contributed by atoms with Crippen LogP contribution < -0.4 is 20.9 Å². The van der Waals surface area contributed by atoms with Gasteiger partial charge in [0.2, 0.25) is 5.91 Å². The minimum atomic E-state index is -3.64. The Morgan fingerprint density at radius 2 is 2.09 bits per heavy atom. The van der Waals surface area contributed by atoms with Crippen LogP contribution in [-0.2, 0) is 23.8 Å². The molecular formula is C22H18ClF3N6O3. The molecule has 0 radical (unpaired) electrons. The highest BCUT2D eigenvalue weighted by Crippen LogP contribution is 2.25. The third-order valence-corrected chi connectivity index (χ3v) is 5.30. The third-order valence-electron chi connectivity index (χ3n) is 5.00. The maximum absolute atomic E-state index is 14.4. The van der Waals surface area contributed by atoms with E-state index in [-0.39, 0.29) is 33.1 Å². The number of anilines is 1. The topological polar surface area (TPSA) is 127 Å². The van der Waals surface area contributed by atoms with Crippen molar-refractivity contribution in [1.82, 2.24) is 14.9 Å². The predicted octanol–water partition coefficient (Wildman–Crippen LogP) is 2.37. The van der Waals surface area contributed by atoms with E-state index in [0.29, 0.717) is 0 Å². The minimum Gasteiger partial charge on any atom is -0.618 e. The van der Waals surface area contributed by atoms with Crippen LogP contribution in [0.3, 0.4) is 0 Å². The normalized spacial score (nSPS) is 11.1. The minimum absolute atomic E-state index is 0.00831. The van der Waals surface area contributed by atoms with Crippen LogP contribution in [0.4, 0.5) is 19.0 Å². The zero-order valence-electron chi connectivity index (χ0n) is 18.2. The summed E-state index contributed by atoms with van der Waals surface area (Å²) in [5.74, 6) is -5.56. The van der Waals surface area contributed by atoms with E-state index >= 15 is 0 Å². The van der Waals surface area contributed by atoms with Crippen LogP contribution in [0.1, 0.15) is 22.4 Å². The van der Waals surface area contributed by atoms with Gasteiger partial charge in [-0.25, -0.2) is 9.37 Å². The van der Waals surface area contributed by atoms with E-state index in [9.17, 15) is 28.0 Å². The van der Waals surface area contributed by atoms with E-state index in [0.717, 1.165) is 23.0 Å². The molecule has 0 fully saturated rings. The number of hydrogen-bond donors (Lipinski definition) is 2. The van der Waals surface area contributed by atoms with Gasteiger partial charge in [-0.1, -0.05) is 17.7 Å². The molecule has 0 aliphatic carbocycles. The molecule has 2 heterocycles. The number of alkyl halides is 2.